The van der Waals surface area contributed by atoms with Crippen LogP contribution in [0.1, 0.15) is 32.6 Å². The first-order chi connectivity index (χ1) is 7.77. The molecule has 2 rings (SSSR count). The molecule has 2 aliphatic heterocycles. The number of hydrogen-bond acceptors (Lipinski definition) is 3. The summed E-state index contributed by atoms with van der Waals surface area (Å²) in [5.74, 6) is 0.296. The van der Waals surface area contributed by atoms with Crippen molar-refractivity contribution in [2.24, 2.45) is 0 Å². The Hall–Kier alpha value is -0.610. The van der Waals surface area contributed by atoms with E-state index in [1.807, 2.05) is 4.90 Å². The monoisotopic (exact) mass is 226 g/mol. The predicted octanol–water partition coefficient (Wildman–Crippen LogP) is 0.766. The summed E-state index contributed by atoms with van der Waals surface area (Å²) in [7, 11) is 0. The number of nitrogens with zero attached hydrogens (tertiary/aromatic N) is 1. The lowest BCUT2D eigenvalue weighted by Crippen LogP contribution is -2.52. The maximum Gasteiger partial charge on any atom is 0.222 e. The summed E-state index contributed by atoms with van der Waals surface area (Å²) in [5.41, 5.74) is 0. The first kappa shape index (κ1) is 11.9. The second-order valence-electron chi connectivity index (χ2n) is 4.81. The van der Waals surface area contributed by atoms with Crippen LogP contribution in [0, 0.1) is 0 Å². The molecule has 2 aliphatic rings. The van der Waals surface area contributed by atoms with Gasteiger partial charge in [-0.05, 0) is 26.2 Å². The van der Waals surface area contributed by atoms with Gasteiger partial charge in [-0.25, -0.2) is 0 Å². The van der Waals surface area contributed by atoms with Crippen LogP contribution in [0.25, 0.3) is 0 Å². The second kappa shape index (κ2) is 5.64. The van der Waals surface area contributed by atoms with Crippen molar-refractivity contribution in [3.05, 3.63) is 0 Å². The molecule has 92 valence electrons. The fourth-order valence-electron chi connectivity index (χ4n) is 2.51. The SMILES string of the molecule is C[C@H]1CNCCN1C(=O)CCC1CCCO1. The topological polar surface area (TPSA) is 41.6 Å². The number of amides is 1. The zero-order valence-corrected chi connectivity index (χ0v) is 10.1. The fraction of sp³-hybridized carbons (Fsp3) is 0.917. The third kappa shape index (κ3) is 2.95. The third-order valence-corrected chi connectivity index (χ3v) is 3.53. The van der Waals surface area contributed by atoms with Crippen LogP contribution >= 0.6 is 0 Å². The van der Waals surface area contributed by atoms with Crippen molar-refractivity contribution >= 4 is 5.91 Å². The molecule has 2 atom stereocenters. The van der Waals surface area contributed by atoms with Crippen LogP contribution in [-0.4, -0.2) is 49.2 Å². The van der Waals surface area contributed by atoms with Gasteiger partial charge in [-0.3, -0.25) is 4.79 Å². The highest BCUT2D eigenvalue weighted by Crippen LogP contribution is 2.18. The first-order valence-electron chi connectivity index (χ1n) is 6.39. The van der Waals surface area contributed by atoms with Crippen molar-refractivity contribution in [3.63, 3.8) is 0 Å². The molecule has 0 aliphatic carbocycles. The van der Waals surface area contributed by atoms with E-state index in [4.69, 9.17) is 4.74 Å². The molecule has 1 amide bonds. The molecule has 0 aromatic rings. The maximum absolute atomic E-state index is 12.0. The largest absolute Gasteiger partial charge is 0.378 e. The van der Waals surface area contributed by atoms with Gasteiger partial charge in [-0.2, -0.15) is 0 Å². The molecule has 0 radical (unpaired) electrons. The molecule has 1 unspecified atom stereocenters. The molecule has 0 spiro atoms. The summed E-state index contributed by atoms with van der Waals surface area (Å²) < 4.78 is 5.53. The fourth-order valence-corrected chi connectivity index (χ4v) is 2.51. The number of rotatable bonds is 3. The van der Waals surface area contributed by atoms with Crippen LogP contribution in [0.5, 0.6) is 0 Å². The molecular formula is C12H22N2O2. The Kier molecular flexibility index (Phi) is 4.18. The van der Waals surface area contributed by atoms with E-state index < -0.39 is 0 Å². The van der Waals surface area contributed by atoms with Gasteiger partial charge >= 0.3 is 0 Å². The number of ether oxygens (including phenoxy) is 1. The van der Waals surface area contributed by atoms with Gasteiger partial charge in [-0.1, -0.05) is 0 Å². The summed E-state index contributed by atoms with van der Waals surface area (Å²) in [6.07, 6.45) is 4.17. The smallest absolute Gasteiger partial charge is 0.222 e. The first-order valence-corrected chi connectivity index (χ1v) is 6.39. The summed E-state index contributed by atoms with van der Waals surface area (Å²) in [6, 6.07) is 0.339. The molecular weight excluding hydrogens is 204 g/mol. The average molecular weight is 226 g/mol. The molecule has 16 heavy (non-hydrogen) atoms. The number of carbonyl (C=O) groups excluding carboxylic acids is 1. The van der Waals surface area contributed by atoms with E-state index >= 15 is 0 Å². The van der Waals surface area contributed by atoms with Crippen molar-refractivity contribution in [2.75, 3.05) is 26.2 Å². The molecule has 1 N–H and O–H groups in total. The Morgan fingerprint density at radius 1 is 1.56 bits per heavy atom. The van der Waals surface area contributed by atoms with Crippen molar-refractivity contribution < 1.29 is 9.53 Å². The van der Waals surface area contributed by atoms with Crippen molar-refractivity contribution in [3.8, 4) is 0 Å². The normalized spacial score (nSPS) is 30.7. The highest BCUT2D eigenvalue weighted by atomic mass is 16.5. The van der Waals surface area contributed by atoms with Gasteiger partial charge in [0.15, 0.2) is 0 Å². The zero-order chi connectivity index (χ0) is 11.4. The quantitative estimate of drug-likeness (QED) is 0.772. The van der Waals surface area contributed by atoms with Gasteiger partial charge in [0, 0.05) is 38.7 Å². The molecule has 0 bridgehead atoms. The molecule has 2 heterocycles. The lowest BCUT2D eigenvalue weighted by Gasteiger charge is -2.34. The standard InChI is InChI=1S/C12H22N2O2/c1-10-9-13-6-7-14(10)12(15)5-4-11-3-2-8-16-11/h10-11,13H,2-9H2,1H3/t10-,11?/m0/s1. The predicted molar refractivity (Wildman–Crippen MR) is 62.3 cm³/mol. The summed E-state index contributed by atoms with van der Waals surface area (Å²) in [6.45, 7) is 5.69. The van der Waals surface area contributed by atoms with Gasteiger partial charge in [-0.15, -0.1) is 0 Å². The van der Waals surface area contributed by atoms with Crippen LogP contribution < -0.4 is 5.32 Å². The Morgan fingerprint density at radius 3 is 3.12 bits per heavy atom. The summed E-state index contributed by atoms with van der Waals surface area (Å²) in [5, 5.41) is 3.30. The number of hydrogen-bond donors (Lipinski definition) is 1. The number of piperazine rings is 1. The molecule has 2 fully saturated rings. The lowest BCUT2D eigenvalue weighted by atomic mass is 10.1. The van der Waals surface area contributed by atoms with Crippen LogP contribution in [0.3, 0.4) is 0 Å². The van der Waals surface area contributed by atoms with E-state index in [1.54, 1.807) is 0 Å². The van der Waals surface area contributed by atoms with Crippen molar-refractivity contribution in [1.29, 1.82) is 0 Å². The highest BCUT2D eigenvalue weighted by Gasteiger charge is 2.24. The van der Waals surface area contributed by atoms with Crippen LogP contribution in [0.15, 0.2) is 0 Å². The van der Waals surface area contributed by atoms with Gasteiger partial charge in [0.2, 0.25) is 5.91 Å². The van der Waals surface area contributed by atoms with Gasteiger partial charge in [0.1, 0.15) is 0 Å². The van der Waals surface area contributed by atoms with Crippen LogP contribution in [0.4, 0.5) is 0 Å². The molecule has 4 nitrogen and oxygen atoms in total. The van der Waals surface area contributed by atoms with E-state index in [9.17, 15) is 4.79 Å². The summed E-state index contributed by atoms with van der Waals surface area (Å²) >= 11 is 0. The Labute approximate surface area is 97.3 Å². The highest BCUT2D eigenvalue weighted by molar-refractivity contribution is 5.76. The Bertz CT molecular complexity index is 239. The average Bonchev–Trinajstić information content (AvgIpc) is 2.79. The molecule has 0 saturated carbocycles. The Morgan fingerprint density at radius 2 is 2.44 bits per heavy atom. The molecule has 0 aromatic heterocycles. The van der Waals surface area contributed by atoms with E-state index in [2.05, 4.69) is 12.2 Å². The lowest BCUT2D eigenvalue weighted by molar-refractivity contribution is -0.134. The Balaban J connectivity index is 1.73. The second-order valence-corrected chi connectivity index (χ2v) is 4.81. The van der Waals surface area contributed by atoms with Gasteiger partial charge < -0.3 is 15.0 Å². The minimum absolute atomic E-state index is 0.296. The minimum Gasteiger partial charge on any atom is -0.378 e. The molecule has 2 saturated heterocycles. The number of nitrogens with one attached hydrogen (secondary N) is 1. The van der Waals surface area contributed by atoms with Crippen molar-refractivity contribution in [2.45, 2.75) is 44.8 Å². The van der Waals surface area contributed by atoms with E-state index in [0.717, 1.165) is 45.5 Å². The van der Waals surface area contributed by atoms with E-state index in [0.29, 0.717) is 24.5 Å². The maximum atomic E-state index is 12.0. The summed E-state index contributed by atoms with van der Waals surface area (Å²) in [4.78, 5) is 14.0. The third-order valence-electron chi connectivity index (χ3n) is 3.53. The zero-order valence-electron chi connectivity index (χ0n) is 10.1. The van der Waals surface area contributed by atoms with Crippen LogP contribution in [0.2, 0.25) is 0 Å². The molecule has 4 heteroatoms. The molecule has 0 aromatic carbocycles. The minimum atomic E-state index is 0.296. The van der Waals surface area contributed by atoms with E-state index in [1.165, 1.54) is 0 Å². The van der Waals surface area contributed by atoms with Gasteiger partial charge in [0.25, 0.3) is 0 Å². The van der Waals surface area contributed by atoms with E-state index in [-0.39, 0.29) is 0 Å². The van der Waals surface area contributed by atoms with Gasteiger partial charge in [0.05, 0.1) is 6.10 Å². The number of carbonyl (C=O) groups is 1. The van der Waals surface area contributed by atoms with Crippen LogP contribution in [-0.2, 0) is 9.53 Å². The van der Waals surface area contributed by atoms with Crippen molar-refractivity contribution in [1.82, 2.24) is 10.2 Å².